The SMILES string of the molecule is Cc1ccc([N+](=O)[O-])cc1NC(=O)Cc1nccn1C. The van der Waals surface area contributed by atoms with Gasteiger partial charge in [-0.3, -0.25) is 14.9 Å². The summed E-state index contributed by atoms with van der Waals surface area (Å²) in [5.74, 6) is 0.369. The molecule has 0 spiro atoms. The molecule has 0 atom stereocenters. The van der Waals surface area contributed by atoms with Crippen LogP contribution in [0.25, 0.3) is 0 Å². The maximum atomic E-state index is 11.9. The van der Waals surface area contributed by atoms with Gasteiger partial charge < -0.3 is 9.88 Å². The molecule has 0 saturated heterocycles. The minimum Gasteiger partial charge on any atom is -0.338 e. The molecule has 2 aromatic rings. The van der Waals surface area contributed by atoms with E-state index in [2.05, 4.69) is 10.3 Å². The topological polar surface area (TPSA) is 90.1 Å². The van der Waals surface area contributed by atoms with Crippen molar-refractivity contribution in [3.8, 4) is 0 Å². The maximum absolute atomic E-state index is 11.9. The van der Waals surface area contributed by atoms with Crippen LogP contribution < -0.4 is 5.32 Å². The number of rotatable bonds is 4. The van der Waals surface area contributed by atoms with Crippen molar-refractivity contribution in [2.45, 2.75) is 13.3 Å². The molecule has 2 rings (SSSR count). The normalized spacial score (nSPS) is 10.3. The van der Waals surface area contributed by atoms with Crippen molar-refractivity contribution in [2.75, 3.05) is 5.32 Å². The van der Waals surface area contributed by atoms with Gasteiger partial charge in [0.25, 0.3) is 5.69 Å². The molecule has 20 heavy (non-hydrogen) atoms. The number of nitrogens with zero attached hydrogens (tertiary/aromatic N) is 3. The number of anilines is 1. The minimum absolute atomic E-state index is 0.0529. The molecule has 0 saturated carbocycles. The number of hydrogen-bond acceptors (Lipinski definition) is 4. The summed E-state index contributed by atoms with van der Waals surface area (Å²) in [6.45, 7) is 1.78. The number of amides is 1. The molecule has 104 valence electrons. The summed E-state index contributed by atoms with van der Waals surface area (Å²) < 4.78 is 1.75. The second kappa shape index (κ2) is 5.52. The van der Waals surface area contributed by atoms with E-state index in [1.54, 1.807) is 37.0 Å². The zero-order valence-electron chi connectivity index (χ0n) is 11.2. The maximum Gasteiger partial charge on any atom is 0.271 e. The van der Waals surface area contributed by atoms with Crippen LogP contribution in [-0.4, -0.2) is 20.4 Å². The highest BCUT2D eigenvalue weighted by atomic mass is 16.6. The van der Waals surface area contributed by atoms with Crippen LogP contribution in [0.15, 0.2) is 30.6 Å². The monoisotopic (exact) mass is 274 g/mol. The molecule has 1 heterocycles. The number of carbonyl (C=O) groups excluding carboxylic acids is 1. The number of nitro groups is 1. The van der Waals surface area contributed by atoms with Crippen LogP contribution in [0.5, 0.6) is 0 Å². The molecule has 1 N–H and O–H groups in total. The van der Waals surface area contributed by atoms with Gasteiger partial charge in [0.05, 0.1) is 17.0 Å². The predicted octanol–water partition coefficient (Wildman–Crippen LogP) is 1.82. The Kier molecular flexibility index (Phi) is 3.79. The first-order chi connectivity index (χ1) is 9.47. The summed E-state index contributed by atoms with van der Waals surface area (Å²) in [6.07, 6.45) is 3.48. The van der Waals surface area contributed by atoms with Crippen molar-refractivity contribution in [2.24, 2.45) is 7.05 Å². The van der Waals surface area contributed by atoms with Gasteiger partial charge in [-0.15, -0.1) is 0 Å². The lowest BCUT2D eigenvalue weighted by atomic mass is 10.1. The largest absolute Gasteiger partial charge is 0.338 e. The molecule has 7 heteroatoms. The Morgan fingerprint density at radius 1 is 1.50 bits per heavy atom. The molecule has 1 amide bonds. The molecular formula is C13H14N4O3. The number of hydrogen-bond donors (Lipinski definition) is 1. The number of nitrogens with one attached hydrogen (secondary N) is 1. The minimum atomic E-state index is -0.492. The van der Waals surface area contributed by atoms with E-state index in [0.29, 0.717) is 11.5 Å². The van der Waals surface area contributed by atoms with Gasteiger partial charge in [0.1, 0.15) is 5.82 Å². The van der Waals surface area contributed by atoms with Crippen molar-refractivity contribution in [1.29, 1.82) is 0 Å². The molecule has 0 aliphatic rings. The number of imidazole rings is 1. The summed E-state index contributed by atoms with van der Waals surface area (Å²) in [6, 6.07) is 4.36. The first-order valence-electron chi connectivity index (χ1n) is 5.98. The van der Waals surface area contributed by atoms with Gasteiger partial charge in [0.15, 0.2) is 0 Å². The Bertz CT molecular complexity index is 663. The highest BCUT2D eigenvalue weighted by molar-refractivity contribution is 5.92. The third kappa shape index (κ3) is 3.00. The lowest BCUT2D eigenvalue weighted by molar-refractivity contribution is -0.384. The second-order valence-electron chi connectivity index (χ2n) is 4.44. The van der Waals surface area contributed by atoms with E-state index in [1.807, 2.05) is 0 Å². The number of carbonyl (C=O) groups is 1. The first kappa shape index (κ1) is 13.7. The van der Waals surface area contributed by atoms with Crippen molar-refractivity contribution < 1.29 is 9.72 Å². The molecular weight excluding hydrogens is 260 g/mol. The number of aryl methyl sites for hydroxylation is 2. The second-order valence-corrected chi connectivity index (χ2v) is 4.44. The fraction of sp³-hybridized carbons (Fsp3) is 0.231. The van der Waals surface area contributed by atoms with Gasteiger partial charge in [-0.1, -0.05) is 6.07 Å². The van der Waals surface area contributed by atoms with Crippen molar-refractivity contribution in [1.82, 2.24) is 9.55 Å². The number of benzene rings is 1. The molecule has 1 aromatic carbocycles. The average molecular weight is 274 g/mol. The van der Waals surface area contributed by atoms with E-state index >= 15 is 0 Å². The van der Waals surface area contributed by atoms with E-state index in [9.17, 15) is 14.9 Å². The summed E-state index contributed by atoms with van der Waals surface area (Å²) >= 11 is 0. The Hall–Kier alpha value is -2.70. The van der Waals surface area contributed by atoms with Gasteiger partial charge in [-0.25, -0.2) is 4.98 Å². The summed E-state index contributed by atoms with van der Waals surface area (Å²) in [4.78, 5) is 26.2. The predicted molar refractivity (Wildman–Crippen MR) is 73.4 cm³/mol. The number of non-ortho nitro benzene ring substituents is 1. The van der Waals surface area contributed by atoms with Gasteiger partial charge in [-0.2, -0.15) is 0 Å². The highest BCUT2D eigenvalue weighted by Crippen LogP contribution is 2.21. The Morgan fingerprint density at radius 2 is 2.25 bits per heavy atom. The fourth-order valence-corrected chi connectivity index (χ4v) is 1.76. The molecule has 0 radical (unpaired) electrons. The smallest absolute Gasteiger partial charge is 0.271 e. The molecule has 1 aromatic heterocycles. The third-order valence-corrected chi connectivity index (χ3v) is 2.95. The molecule has 0 aliphatic carbocycles. The Balaban J connectivity index is 2.13. The van der Waals surface area contributed by atoms with E-state index in [-0.39, 0.29) is 18.0 Å². The lowest BCUT2D eigenvalue weighted by Gasteiger charge is -2.08. The standard InChI is InChI=1S/C13H14N4O3/c1-9-3-4-10(17(19)20)7-11(9)15-13(18)8-12-14-5-6-16(12)2/h3-7H,8H2,1-2H3,(H,15,18). The molecule has 0 unspecified atom stereocenters. The van der Waals surface area contributed by atoms with Crippen molar-refractivity contribution >= 4 is 17.3 Å². The molecule has 0 bridgehead atoms. The Morgan fingerprint density at radius 3 is 2.85 bits per heavy atom. The van der Waals surface area contributed by atoms with E-state index in [4.69, 9.17) is 0 Å². The van der Waals surface area contributed by atoms with Crippen LogP contribution in [0.2, 0.25) is 0 Å². The molecule has 7 nitrogen and oxygen atoms in total. The van der Waals surface area contributed by atoms with Crippen LogP contribution >= 0.6 is 0 Å². The molecule has 0 fully saturated rings. The highest BCUT2D eigenvalue weighted by Gasteiger charge is 2.12. The summed E-state index contributed by atoms with van der Waals surface area (Å²) in [5, 5.41) is 13.4. The fourth-order valence-electron chi connectivity index (χ4n) is 1.76. The van der Waals surface area contributed by atoms with Gasteiger partial charge in [0.2, 0.25) is 5.91 Å². The van der Waals surface area contributed by atoms with Crippen molar-refractivity contribution in [3.63, 3.8) is 0 Å². The van der Waals surface area contributed by atoms with Crippen LogP contribution in [-0.2, 0) is 18.3 Å². The zero-order valence-corrected chi connectivity index (χ0v) is 11.2. The van der Waals surface area contributed by atoms with E-state index < -0.39 is 4.92 Å². The van der Waals surface area contributed by atoms with Crippen LogP contribution in [0.1, 0.15) is 11.4 Å². The average Bonchev–Trinajstić information content (AvgIpc) is 2.77. The van der Waals surface area contributed by atoms with E-state index in [0.717, 1.165) is 5.56 Å². The van der Waals surface area contributed by atoms with E-state index in [1.165, 1.54) is 12.1 Å². The lowest BCUT2D eigenvalue weighted by Crippen LogP contribution is -2.17. The Labute approximate surface area is 115 Å². The zero-order chi connectivity index (χ0) is 14.7. The number of aromatic nitrogens is 2. The van der Waals surface area contributed by atoms with Gasteiger partial charge in [0, 0.05) is 31.6 Å². The van der Waals surface area contributed by atoms with Crippen LogP contribution in [0.4, 0.5) is 11.4 Å². The van der Waals surface area contributed by atoms with Crippen LogP contribution in [0, 0.1) is 17.0 Å². The summed E-state index contributed by atoms with van der Waals surface area (Å²) in [5.41, 5.74) is 1.16. The van der Waals surface area contributed by atoms with Gasteiger partial charge in [-0.05, 0) is 12.5 Å². The third-order valence-electron chi connectivity index (χ3n) is 2.95. The van der Waals surface area contributed by atoms with Crippen molar-refractivity contribution in [3.05, 3.63) is 52.1 Å². The summed E-state index contributed by atoms with van der Waals surface area (Å²) in [7, 11) is 1.80. The molecule has 0 aliphatic heterocycles. The quantitative estimate of drug-likeness (QED) is 0.680. The number of nitro benzene ring substituents is 1. The first-order valence-corrected chi connectivity index (χ1v) is 5.98. The van der Waals surface area contributed by atoms with Crippen LogP contribution in [0.3, 0.4) is 0 Å². The van der Waals surface area contributed by atoms with Gasteiger partial charge >= 0.3 is 0 Å².